The van der Waals surface area contributed by atoms with Crippen LogP contribution in [0.1, 0.15) is 24.8 Å². The first-order valence-corrected chi connectivity index (χ1v) is 6.91. The molecule has 1 saturated heterocycles. The van der Waals surface area contributed by atoms with Gasteiger partial charge in [-0.25, -0.2) is 0 Å². The highest BCUT2D eigenvalue weighted by atomic mass is 16.4. The van der Waals surface area contributed by atoms with Gasteiger partial charge in [0, 0.05) is 19.6 Å². The molecule has 2 unspecified atom stereocenters. The summed E-state index contributed by atoms with van der Waals surface area (Å²) >= 11 is 0. The maximum Gasteiger partial charge on any atom is 0.322 e. The standard InChI is InChI=1S/C15H22N2O2/c1-12(13-5-3-2-4-6-13)7-9-17-10-8-16-11-14(17)15(18)19/h2-6,12,14,16H,7-11H2,1H3,(H,18,19). The Hall–Kier alpha value is -1.39. The average molecular weight is 262 g/mol. The third-order valence-corrected chi connectivity index (χ3v) is 3.86. The van der Waals surface area contributed by atoms with Crippen molar-refractivity contribution in [3.63, 3.8) is 0 Å². The minimum absolute atomic E-state index is 0.378. The summed E-state index contributed by atoms with van der Waals surface area (Å²) in [7, 11) is 0. The maximum atomic E-state index is 11.2. The van der Waals surface area contributed by atoms with Gasteiger partial charge in [0.25, 0.3) is 0 Å². The number of carboxylic acid groups (broad SMARTS) is 1. The van der Waals surface area contributed by atoms with Crippen molar-refractivity contribution < 1.29 is 9.90 Å². The molecule has 0 aliphatic carbocycles. The molecule has 0 aromatic heterocycles. The number of aliphatic carboxylic acids is 1. The molecule has 4 nitrogen and oxygen atoms in total. The fourth-order valence-corrected chi connectivity index (χ4v) is 2.57. The Morgan fingerprint density at radius 2 is 2.21 bits per heavy atom. The molecule has 0 bridgehead atoms. The zero-order chi connectivity index (χ0) is 13.7. The highest BCUT2D eigenvalue weighted by Crippen LogP contribution is 2.19. The Kier molecular flexibility index (Phi) is 4.93. The van der Waals surface area contributed by atoms with E-state index in [0.29, 0.717) is 12.5 Å². The van der Waals surface area contributed by atoms with E-state index in [9.17, 15) is 9.90 Å². The first-order chi connectivity index (χ1) is 9.18. The van der Waals surface area contributed by atoms with Crippen molar-refractivity contribution in [2.24, 2.45) is 0 Å². The van der Waals surface area contributed by atoms with E-state index in [2.05, 4.69) is 41.4 Å². The molecule has 0 saturated carbocycles. The molecule has 4 heteroatoms. The van der Waals surface area contributed by atoms with Gasteiger partial charge in [-0.1, -0.05) is 37.3 Å². The number of nitrogens with one attached hydrogen (secondary N) is 1. The third-order valence-electron chi connectivity index (χ3n) is 3.86. The van der Waals surface area contributed by atoms with E-state index in [-0.39, 0.29) is 6.04 Å². The summed E-state index contributed by atoms with van der Waals surface area (Å²) in [5.41, 5.74) is 1.32. The predicted molar refractivity (Wildman–Crippen MR) is 75.3 cm³/mol. The van der Waals surface area contributed by atoms with Gasteiger partial charge < -0.3 is 10.4 Å². The lowest BCUT2D eigenvalue weighted by molar-refractivity contribution is -0.143. The molecular formula is C15H22N2O2. The highest BCUT2D eigenvalue weighted by Gasteiger charge is 2.28. The number of nitrogens with zero attached hydrogens (tertiary/aromatic N) is 1. The van der Waals surface area contributed by atoms with Gasteiger partial charge >= 0.3 is 5.97 Å². The van der Waals surface area contributed by atoms with Crippen LogP contribution in [0.3, 0.4) is 0 Å². The van der Waals surface area contributed by atoms with Gasteiger partial charge in [-0.3, -0.25) is 9.69 Å². The predicted octanol–water partition coefficient (Wildman–Crippen LogP) is 1.54. The number of piperazine rings is 1. The first-order valence-electron chi connectivity index (χ1n) is 6.91. The van der Waals surface area contributed by atoms with Crippen LogP contribution in [0.2, 0.25) is 0 Å². The molecule has 2 rings (SSSR count). The second-order valence-corrected chi connectivity index (χ2v) is 5.19. The number of rotatable bonds is 5. The van der Waals surface area contributed by atoms with Gasteiger partial charge in [-0.15, -0.1) is 0 Å². The molecule has 1 aromatic rings. The molecule has 2 atom stereocenters. The first kappa shape index (κ1) is 14.0. The molecule has 1 heterocycles. The van der Waals surface area contributed by atoms with Crippen molar-refractivity contribution in [1.82, 2.24) is 10.2 Å². The summed E-state index contributed by atoms with van der Waals surface area (Å²) in [4.78, 5) is 13.3. The van der Waals surface area contributed by atoms with Gasteiger partial charge in [-0.05, 0) is 24.4 Å². The lowest BCUT2D eigenvalue weighted by atomic mass is 9.97. The number of carbonyl (C=O) groups is 1. The van der Waals surface area contributed by atoms with Crippen molar-refractivity contribution in [1.29, 1.82) is 0 Å². The van der Waals surface area contributed by atoms with E-state index >= 15 is 0 Å². The zero-order valence-corrected chi connectivity index (χ0v) is 11.4. The van der Waals surface area contributed by atoms with Crippen LogP contribution in [0.25, 0.3) is 0 Å². The minimum atomic E-state index is -0.723. The van der Waals surface area contributed by atoms with Crippen molar-refractivity contribution in [3.05, 3.63) is 35.9 Å². The van der Waals surface area contributed by atoms with Crippen LogP contribution >= 0.6 is 0 Å². The van der Waals surface area contributed by atoms with Crippen LogP contribution in [0.15, 0.2) is 30.3 Å². The van der Waals surface area contributed by atoms with Crippen molar-refractivity contribution in [3.8, 4) is 0 Å². The van der Waals surface area contributed by atoms with Crippen LogP contribution in [0, 0.1) is 0 Å². The summed E-state index contributed by atoms with van der Waals surface area (Å²) in [6.45, 7) is 5.29. The fraction of sp³-hybridized carbons (Fsp3) is 0.533. The molecule has 0 radical (unpaired) electrons. The average Bonchev–Trinajstić information content (AvgIpc) is 2.46. The summed E-state index contributed by atoms with van der Waals surface area (Å²) in [6.07, 6.45) is 0.994. The van der Waals surface area contributed by atoms with E-state index in [1.54, 1.807) is 0 Å². The molecule has 1 aliphatic rings. The van der Waals surface area contributed by atoms with E-state index < -0.39 is 5.97 Å². The third kappa shape index (κ3) is 3.78. The van der Waals surface area contributed by atoms with Crippen molar-refractivity contribution >= 4 is 5.97 Å². The van der Waals surface area contributed by atoms with E-state index in [0.717, 1.165) is 26.1 Å². The van der Waals surface area contributed by atoms with E-state index in [1.165, 1.54) is 5.56 Å². The van der Waals surface area contributed by atoms with Crippen LogP contribution in [-0.4, -0.2) is 48.2 Å². The smallest absolute Gasteiger partial charge is 0.322 e. The number of hydrogen-bond acceptors (Lipinski definition) is 3. The van der Waals surface area contributed by atoms with Gasteiger partial charge in [0.2, 0.25) is 0 Å². The Morgan fingerprint density at radius 1 is 1.47 bits per heavy atom. The molecule has 19 heavy (non-hydrogen) atoms. The van der Waals surface area contributed by atoms with Crippen LogP contribution < -0.4 is 5.32 Å². The summed E-state index contributed by atoms with van der Waals surface area (Å²) in [5, 5.41) is 12.4. The number of hydrogen-bond donors (Lipinski definition) is 2. The molecular weight excluding hydrogens is 240 g/mol. The Labute approximate surface area is 114 Å². The fourth-order valence-electron chi connectivity index (χ4n) is 2.57. The topological polar surface area (TPSA) is 52.6 Å². The summed E-state index contributed by atoms with van der Waals surface area (Å²) in [5.74, 6) is -0.259. The normalized spacial score (nSPS) is 22.1. The molecule has 1 aromatic carbocycles. The minimum Gasteiger partial charge on any atom is -0.480 e. The highest BCUT2D eigenvalue weighted by molar-refractivity contribution is 5.73. The van der Waals surface area contributed by atoms with Crippen LogP contribution in [-0.2, 0) is 4.79 Å². The second kappa shape index (κ2) is 6.68. The molecule has 0 spiro atoms. The maximum absolute atomic E-state index is 11.2. The summed E-state index contributed by atoms with van der Waals surface area (Å²) < 4.78 is 0. The molecule has 0 amide bonds. The Bertz CT molecular complexity index is 408. The molecule has 1 fully saturated rings. The van der Waals surface area contributed by atoms with E-state index in [4.69, 9.17) is 0 Å². The second-order valence-electron chi connectivity index (χ2n) is 5.19. The van der Waals surface area contributed by atoms with Crippen LogP contribution in [0.4, 0.5) is 0 Å². The SMILES string of the molecule is CC(CCN1CCNCC1C(=O)O)c1ccccc1. The van der Waals surface area contributed by atoms with Gasteiger partial charge in [0.1, 0.15) is 6.04 Å². The van der Waals surface area contributed by atoms with Crippen LogP contribution in [0.5, 0.6) is 0 Å². The van der Waals surface area contributed by atoms with Gasteiger partial charge in [0.05, 0.1) is 0 Å². The zero-order valence-electron chi connectivity index (χ0n) is 11.4. The van der Waals surface area contributed by atoms with E-state index in [1.807, 2.05) is 6.07 Å². The lowest BCUT2D eigenvalue weighted by Gasteiger charge is -2.34. The number of carboxylic acids is 1. The van der Waals surface area contributed by atoms with Crippen molar-refractivity contribution in [2.45, 2.75) is 25.3 Å². The largest absolute Gasteiger partial charge is 0.480 e. The monoisotopic (exact) mass is 262 g/mol. The molecule has 104 valence electrons. The Morgan fingerprint density at radius 3 is 2.89 bits per heavy atom. The Balaban J connectivity index is 1.88. The van der Waals surface area contributed by atoms with Crippen molar-refractivity contribution in [2.75, 3.05) is 26.2 Å². The van der Waals surface area contributed by atoms with Gasteiger partial charge in [0.15, 0.2) is 0 Å². The molecule has 2 N–H and O–H groups in total. The summed E-state index contributed by atoms with van der Waals surface area (Å²) in [6, 6.07) is 10.0. The molecule has 1 aliphatic heterocycles. The quantitative estimate of drug-likeness (QED) is 0.845. The van der Waals surface area contributed by atoms with Gasteiger partial charge in [-0.2, -0.15) is 0 Å². The number of benzene rings is 1. The lowest BCUT2D eigenvalue weighted by Crippen LogP contribution is -2.55.